The monoisotopic (exact) mass is 441 g/mol. The van der Waals surface area contributed by atoms with Crippen molar-refractivity contribution in [1.29, 1.82) is 0 Å². The van der Waals surface area contributed by atoms with Crippen LogP contribution >= 0.6 is 11.3 Å². The van der Waals surface area contributed by atoms with Gasteiger partial charge in [0.25, 0.3) is 15.6 Å². The number of nitrogens with zero attached hydrogens (tertiary/aromatic N) is 1. The van der Waals surface area contributed by atoms with Gasteiger partial charge in [0.05, 0.1) is 23.3 Å². The molecule has 0 amide bonds. The number of aromatic nitrogens is 1. The number of nitrogens with one attached hydrogen (secondary N) is 2. The van der Waals surface area contributed by atoms with Gasteiger partial charge < -0.3 is 15.0 Å². The second-order valence-corrected chi connectivity index (χ2v) is 9.71. The molecule has 11 heteroatoms. The molecule has 29 heavy (non-hydrogen) atoms. The van der Waals surface area contributed by atoms with Gasteiger partial charge in [0.2, 0.25) is 0 Å². The summed E-state index contributed by atoms with van der Waals surface area (Å²) in [4.78, 5) is 16.0. The predicted octanol–water partition coefficient (Wildman–Crippen LogP) is 2.44. The number of benzene rings is 1. The quantitative estimate of drug-likeness (QED) is 0.577. The van der Waals surface area contributed by atoms with Crippen molar-refractivity contribution in [2.75, 3.05) is 22.7 Å². The number of fused-ring (bicyclic) bond motifs is 1. The van der Waals surface area contributed by atoms with Crippen molar-refractivity contribution in [3.8, 4) is 0 Å². The van der Waals surface area contributed by atoms with Crippen LogP contribution in [0.5, 0.6) is 0 Å². The van der Waals surface area contributed by atoms with E-state index in [1.54, 1.807) is 11.0 Å². The van der Waals surface area contributed by atoms with E-state index in [1.165, 1.54) is 18.3 Å². The minimum Gasteiger partial charge on any atom is -0.390 e. The fourth-order valence-corrected chi connectivity index (χ4v) is 5.59. The van der Waals surface area contributed by atoms with Crippen LogP contribution < -0.4 is 15.2 Å². The lowest BCUT2D eigenvalue weighted by Gasteiger charge is -2.32. The van der Waals surface area contributed by atoms with Crippen LogP contribution in [0.25, 0.3) is 10.8 Å². The molecule has 0 bridgehead atoms. The molecule has 3 aromatic rings. The molecule has 3 heterocycles. The summed E-state index contributed by atoms with van der Waals surface area (Å²) in [6, 6.07) is 6.65. The van der Waals surface area contributed by atoms with Crippen LogP contribution in [-0.2, 0) is 10.0 Å². The molecule has 1 saturated heterocycles. The van der Waals surface area contributed by atoms with Gasteiger partial charge in [0.15, 0.2) is 0 Å². The highest BCUT2D eigenvalue weighted by atomic mass is 32.2. The number of aliphatic hydroxyl groups excluding tert-OH is 1. The first kappa shape index (κ1) is 19.8. The first-order valence-electron chi connectivity index (χ1n) is 8.75. The molecule has 4 rings (SSSR count). The van der Waals surface area contributed by atoms with E-state index >= 15 is 0 Å². The van der Waals surface area contributed by atoms with Crippen LogP contribution in [0.4, 0.5) is 19.5 Å². The molecular weight excluding hydrogens is 424 g/mol. The van der Waals surface area contributed by atoms with Crippen LogP contribution in [0, 0.1) is 5.82 Å². The standard InChI is InChI=1S/C18H17F2N3O4S2/c19-12-7-10-3-5-21-18(25)11(10)8-14(12)22-29(26,27)17-2-1-16(28-17)23-6-4-15(24)13(20)9-23/h1-3,5,7-8,13,15,22,24H,4,6,9H2,(H,21,25)/t13-,15-/m1/s1. The van der Waals surface area contributed by atoms with E-state index < -0.39 is 33.7 Å². The third-order valence-corrected chi connectivity index (χ3v) is 7.76. The zero-order chi connectivity index (χ0) is 20.8. The van der Waals surface area contributed by atoms with Crippen LogP contribution in [-0.4, -0.2) is 43.9 Å². The number of aromatic amines is 1. The number of thiophene rings is 1. The van der Waals surface area contributed by atoms with Gasteiger partial charge >= 0.3 is 0 Å². The SMILES string of the molecule is O=c1[nH]ccc2cc(F)c(NS(=O)(=O)c3ccc(N4CC[C@@H](O)[C@H](F)C4)s3)cc12. The van der Waals surface area contributed by atoms with Gasteiger partial charge in [0.1, 0.15) is 16.2 Å². The lowest BCUT2D eigenvalue weighted by Crippen LogP contribution is -2.44. The van der Waals surface area contributed by atoms with Crippen molar-refractivity contribution < 1.29 is 22.3 Å². The largest absolute Gasteiger partial charge is 0.390 e. The molecule has 0 aliphatic carbocycles. The van der Waals surface area contributed by atoms with Crippen LogP contribution in [0.2, 0.25) is 0 Å². The van der Waals surface area contributed by atoms with E-state index in [0.29, 0.717) is 16.9 Å². The highest BCUT2D eigenvalue weighted by Gasteiger charge is 2.29. The topological polar surface area (TPSA) is 102 Å². The summed E-state index contributed by atoms with van der Waals surface area (Å²) in [7, 11) is -4.11. The maximum absolute atomic E-state index is 14.4. The Morgan fingerprint density at radius 1 is 1.28 bits per heavy atom. The molecule has 2 atom stereocenters. The van der Waals surface area contributed by atoms with E-state index in [-0.39, 0.29) is 28.2 Å². The first-order valence-corrected chi connectivity index (χ1v) is 11.1. The molecule has 0 spiro atoms. The van der Waals surface area contributed by atoms with Crippen LogP contribution in [0.1, 0.15) is 6.42 Å². The van der Waals surface area contributed by atoms with Crippen molar-refractivity contribution in [3.63, 3.8) is 0 Å². The van der Waals surface area contributed by atoms with Gasteiger partial charge in [-0.1, -0.05) is 0 Å². The van der Waals surface area contributed by atoms with Crippen molar-refractivity contribution >= 4 is 42.8 Å². The molecule has 1 aliphatic rings. The summed E-state index contributed by atoms with van der Waals surface area (Å²) in [6.07, 6.45) is -0.803. The average Bonchev–Trinajstić information content (AvgIpc) is 3.16. The van der Waals surface area contributed by atoms with Crippen molar-refractivity contribution in [3.05, 3.63) is 52.7 Å². The van der Waals surface area contributed by atoms with E-state index in [4.69, 9.17) is 0 Å². The lowest BCUT2D eigenvalue weighted by atomic mass is 10.1. The number of halogens is 2. The number of rotatable bonds is 4. The van der Waals surface area contributed by atoms with Gasteiger partial charge in [-0.25, -0.2) is 17.2 Å². The van der Waals surface area contributed by atoms with Gasteiger partial charge in [-0.3, -0.25) is 9.52 Å². The maximum atomic E-state index is 14.4. The van der Waals surface area contributed by atoms with Crippen molar-refractivity contribution in [2.45, 2.75) is 22.9 Å². The molecule has 0 radical (unpaired) electrons. The number of hydrogen-bond acceptors (Lipinski definition) is 6. The smallest absolute Gasteiger partial charge is 0.271 e. The van der Waals surface area contributed by atoms with Gasteiger partial charge in [0, 0.05) is 18.1 Å². The maximum Gasteiger partial charge on any atom is 0.271 e. The van der Waals surface area contributed by atoms with Gasteiger partial charge in [-0.05, 0) is 42.1 Å². The summed E-state index contributed by atoms with van der Waals surface area (Å²) in [5, 5.41) is 10.5. The minimum atomic E-state index is -4.11. The Morgan fingerprint density at radius 2 is 2.07 bits per heavy atom. The third kappa shape index (κ3) is 3.85. The predicted molar refractivity (Wildman–Crippen MR) is 107 cm³/mol. The fraction of sp³-hybridized carbons (Fsp3) is 0.278. The number of pyridine rings is 1. The number of sulfonamides is 1. The molecule has 1 fully saturated rings. The Morgan fingerprint density at radius 3 is 2.83 bits per heavy atom. The number of anilines is 2. The van der Waals surface area contributed by atoms with Gasteiger partial charge in [-0.15, -0.1) is 11.3 Å². The summed E-state index contributed by atoms with van der Waals surface area (Å²) in [5.41, 5.74) is -0.802. The van der Waals surface area contributed by atoms with E-state index in [0.717, 1.165) is 23.5 Å². The average molecular weight is 441 g/mol. The Balaban J connectivity index is 1.61. The summed E-state index contributed by atoms with van der Waals surface area (Å²) in [5.74, 6) is -0.811. The highest BCUT2D eigenvalue weighted by molar-refractivity contribution is 7.94. The van der Waals surface area contributed by atoms with Crippen LogP contribution in [0.15, 0.2) is 45.5 Å². The number of alkyl halides is 1. The molecule has 1 aromatic carbocycles. The highest BCUT2D eigenvalue weighted by Crippen LogP contribution is 2.33. The second-order valence-electron chi connectivity index (χ2n) is 6.74. The van der Waals surface area contributed by atoms with Crippen LogP contribution in [0.3, 0.4) is 0 Å². The molecule has 0 unspecified atom stereocenters. The number of hydrogen-bond donors (Lipinski definition) is 3. The fourth-order valence-electron chi connectivity index (χ4n) is 3.20. The molecule has 1 aliphatic heterocycles. The Hall–Kier alpha value is -2.50. The Kier molecular flexibility index (Phi) is 5.05. The number of aliphatic hydroxyl groups is 1. The number of H-pyrrole nitrogens is 1. The summed E-state index contributed by atoms with van der Waals surface area (Å²) in [6.45, 7) is 0.369. The zero-order valence-electron chi connectivity index (χ0n) is 14.9. The molecular formula is C18H17F2N3O4S2. The molecule has 0 saturated carbocycles. The second kappa shape index (κ2) is 7.39. The molecule has 7 nitrogen and oxygen atoms in total. The van der Waals surface area contributed by atoms with Crippen molar-refractivity contribution in [1.82, 2.24) is 4.98 Å². The van der Waals surface area contributed by atoms with Gasteiger partial charge in [-0.2, -0.15) is 0 Å². The lowest BCUT2D eigenvalue weighted by molar-refractivity contribution is 0.0617. The normalized spacial score (nSPS) is 20.2. The zero-order valence-corrected chi connectivity index (χ0v) is 16.6. The molecule has 154 valence electrons. The molecule has 3 N–H and O–H groups in total. The molecule has 2 aromatic heterocycles. The van der Waals surface area contributed by atoms with Crippen molar-refractivity contribution in [2.24, 2.45) is 0 Å². The Bertz CT molecular complexity index is 1230. The van der Waals surface area contributed by atoms with E-state index in [1.807, 2.05) is 0 Å². The number of piperidine rings is 1. The summed E-state index contributed by atoms with van der Waals surface area (Å²) < 4.78 is 55.6. The minimum absolute atomic E-state index is 0.0311. The summed E-state index contributed by atoms with van der Waals surface area (Å²) >= 11 is 0.918. The third-order valence-electron chi connectivity index (χ3n) is 4.76. The van der Waals surface area contributed by atoms with E-state index in [9.17, 15) is 27.1 Å². The van der Waals surface area contributed by atoms with E-state index in [2.05, 4.69) is 9.71 Å². The Labute approximate surface area is 168 Å². The first-order chi connectivity index (χ1) is 13.7.